The summed E-state index contributed by atoms with van der Waals surface area (Å²) in [6.07, 6.45) is 8.10. The third-order valence-corrected chi connectivity index (χ3v) is 7.32. The van der Waals surface area contributed by atoms with Gasteiger partial charge in [-0.15, -0.1) is 0 Å². The molecule has 2 fully saturated rings. The lowest BCUT2D eigenvalue weighted by Gasteiger charge is -2.29. The number of nitrogens with zero attached hydrogens (tertiary/aromatic N) is 4. The number of hydrogen-bond acceptors (Lipinski definition) is 5. The number of aromatic amines is 1. The first-order valence-corrected chi connectivity index (χ1v) is 11.9. The number of nitrogens with one attached hydrogen (secondary N) is 1. The second-order valence-electron chi connectivity index (χ2n) is 9.47. The summed E-state index contributed by atoms with van der Waals surface area (Å²) in [5.41, 5.74) is 4.07. The molecule has 7 heteroatoms. The SMILES string of the molecule is COc1cc(C2CCN(C)CC2)ccc1-c1nc2c(C)nn(C3CCCCC3)c2c(=O)[nH]1. The highest BCUT2D eigenvalue weighted by molar-refractivity contribution is 5.79. The van der Waals surface area contributed by atoms with Crippen LogP contribution in [0.15, 0.2) is 23.0 Å². The minimum atomic E-state index is -0.127. The fourth-order valence-corrected chi connectivity index (χ4v) is 5.41. The molecular formula is C25H33N5O2. The van der Waals surface area contributed by atoms with Crippen LogP contribution in [0.25, 0.3) is 22.4 Å². The van der Waals surface area contributed by atoms with Crippen LogP contribution in [0.4, 0.5) is 0 Å². The number of hydrogen-bond donors (Lipinski definition) is 1. The number of benzene rings is 1. The molecule has 0 unspecified atom stereocenters. The number of ether oxygens (including phenoxy) is 1. The van der Waals surface area contributed by atoms with Gasteiger partial charge in [0.15, 0.2) is 5.52 Å². The van der Waals surface area contributed by atoms with Gasteiger partial charge in [0.05, 0.1) is 24.4 Å². The minimum Gasteiger partial charge on any atom is -0.496 e. The van der Waals surface area contributed by atoms with Crippen molar-refractivity contribution >= 4 is 11.0 Å². The summed E-state index contributed by atoms with van der Waals surface area (Å²) in [6.45, 7) is 4.17. The molecule has 2 aliphatic rings. The fraction of sp³-hybridized carbons (Fsp3) is 0.560. The maximum atomic E-state index is 13.2. The number of rotatable bonds is 4. The van der Waals surface area contributed by atoms with Gasteiger partial charge >= 0.3 is 0 Å². The van der Waals surface area contributed by atoms with Crippen LogP contribution in [0.5, 0.6) is 5.75 Å². The van der Waals surface area contributed by atoms with Crippen molar-refractivity contribution in [1.82, 2.24) is 24.6 Å². The van der Waals surface area contributed by atoms with Crippen molar-refractivity contribution < 1.29 is 4.74 Å². The van der Waals surface area contributed by atoms with Gasteiger partial charge in [0, 0.05) is 0 Å². The Morgan fingerprint density at radius 1 is 1.09 bits per heavy atom. The maximum absolute atomic E-state index is 13.2. The number of H-pyrrole nitrogens is 1. The smallest absolute Gasteiger partial charge is 0.277 e. The van der Waals surface area contributed by atoms with E-state index in [1.165, 1.54) is 24.8 Å². The van der Waals surface area contributed by atoms with Crippen molar-refractivity contribution in [3.63, 3.8) is 0 Å². The van der Waals surface area contributed by atoms with Crippen LogP contribution in [0, 0.1) is 6.92 Å². The van der Waals surface area contributed by atoms with E-state index >= 15 is 0 Å². The zero-order valence-corrected chi connectivity index (χ0v) is 19.4. The van der Waals surface area contributed by atoms with Crippen LogP contribution in [0.3, 0.4) is 0 Å². The zero-order chi connectivity index (χ0) is 22.2. The van der Waals surface area contributed by atoms with Crippen LogP contribution < -0.4 is 10.3 Å². The lowest BCUT2D eigenvalue weighted by molar-refractivity contribution is 0.255. The lowest BCUT2D eigenvalue weighted by atomic mass is 9.89. The monoisotopic (exact) mass is 435 g/mol. The average molecular weight is 436 g/mol. The standard InChI is InChI=1S/C25H33N5O2/c1-16-22-23(30(28-16)19-7-5-4-6-8-19)25(31)27-24(26-22)20-10-9-18(15-21(20)32-3)17-11-13-29(2)14-12-17/h9-10,15,17,19H,4-8,11-14H2,1-3H3,(H,26,27,31). The Balaban J connectivity index is 1.53. The molecule has 3 heterocycles. The molecule has 170 valence electrons. The summed E-state index contributed by atoms with van der Waals surface area (Å²) in [6, 6.07) is 6.61. The topological polar surface area (TPSA) is 76.0 Å². The van der Waals surface area contributed by atoms with Gasteiger partial charge < -0.3 is 14.6 Å². The van der Waals surface area contributed by atoms with Crippen LogP contribution in [0.2, 0.25) is 0 Å². The number of likely N-dealkylation sites (tertiary alicyclic amines) is 1. The van der Waals surface area contributed by atoms with Gasteiger partial charge in [0.2, 0.25) is 0 Å². The molecule has 1 N–H and O–H groups in total. The van der Waals surface area contributed by atoms with Crippen molar-refractivity contribution in [3.05, 3.63) is 39.8 Å². The lowest BCUT2D eigenvalue weighted by Crippen LogP contribution is -2.29. The molecule has 0 bridgehead atoms. The van der Waals surface area contributed by atoms with Gasteiger partial charge in [-0.05, 0) is 76.4 Å². The summed E-state index contributed by atoms with van der Waals surface area (Å²) in [5.74, 6) is 1.83. The third kappa shape index (κ3) is 3.83. The number of piperidine rings is 1. The van der Waals surface area contributed by atoms with Crippen molar-refractivity contribution in [2.24, 2.45) is 0 Å². The molecular weight excluding hydrogens is 402 g/mol. The largest absolute Gasteiger partial charge is 0.496 e. The van der Waals surface area contributed by atoms with E-state index in [0.29, 0.717) is 22.8 Å². The Bertz CT molecular complexity index is 1170. The highest BCUT2D eigenvalue weighted by Gasteiger charge is 2.24. The number of methoxy groups -OCH3 is 1. The Morgan fingerprint density at radius 3 is 2.56 bits per heavy atom. The van der Waals surface area contributed by atoms with Gasteiger partial charge in [-0.2, -0.15) is 5.10 Å². The molecule has 0 amide bonds. The van der Waals surface area contributed by atoms with Gasteiger partial charge in [-0.25, -0.2) is 4.98 Å². The first kappa shape index (κ1) is 21.2. The molecule has 5 rings (SSSR count). The second-order valence-corrected chi connectivity index (χ2v) is 9.47. The zero-order valence-electron chi connectivity index (χ0n) is 19.4. The molecule has 1 aliphatic heterocycles. The van der Waals surface area contributed by atoms with E-state index in [1.54, 1.807) is 7.11 Å². The van der Waals surface area contributed by atoms with E-state index in [1.807, 2.05) is 17.7 Å². The molecule has 1 aromatic carbocycles. The Labute approximate surface area is 188 Å². The van der Waals surface area contributed by atoms with Gasteiger partial charge in [0.25, 0.3) is 5.56 Å². The van der Waals surface area contributed by atoms with Gasteiger partial charge in [-0.3, -0.25) is 9.48 Å². The number of fused-ring (bicyclic) bond motifs is 1. The van der Waals surface area contributed by atoms with E-state index in [0.717, 1.165) is 55.8 Å². The normalized spacial score (nSPS) is 19.0. The predicted molar refractivity (Wildman–Crippen MR) is 126 cm³/mol. The molecule has 0 atom stereocenters. The third-order valence-electron chi connectivity index (χ3n) is 7.32. The van der Waals surface area contributed by atoms with Crippen LogP contribution >= 0.6 is 0 Å². The molecule has 3 aromatic rings. The first-order valence-electron chi connectivity index (χ1n) is 11.9. The Hall–Kier alpha value is -2.67. The molecule has 2 aromatic heterocycles. The van der Waals surface area contributed by atoms with Crippen molar-refractivity contribution in [2.45, 2.75) is 63.8 Å². The summed E-state index contributed by atoms with van der Waals surface area (Å²) < 4.78 is 7.67. The van der Waals surface area contributed by atoms with Crippen LogP contribution in [-0.2, 0) is 0 Å². The van der Waals surface area contributed by atoms with E-state index in [9.17, 15) is 4.79 Å². The molecule has 1 saturated carbocycles. The van der Waals surface area contributed by atoms with E-state index in [4.69, 9.17) is 14.8 Å². The van der Waals surface area contributed by atoms with Crippen LogP contribution in [-0.4, -0.2) is 51.9 Å². The van der Waals surface area contributed by atoms with Crippen LogP contribution in [0.1, 0.15) is 68.2 Å². The predicted octanol–water partition coefficient (Wildman–Crippen LogP) is 4.42. The minimum absolute atomic E-state index is 0.127. The summed E-state index contributed by atoms with van der Waals surface area (Å²) in [5, 5.41) is 4.73. The summed E-state index contributed by atoms with van der Waals surface area (Å²) in [7, 11) is 3.86. The van der Waals surface area contributed by atoms with E-state index in [2.05, 4.69) is 29.1 Å². The molecule has 1 saturated heterocycles. The summed E-state index contributed by atoms with van der Waals surface area (Å²) in [4.78, 5) is 23.5. The van der Waals surface area contributed by atoms with Crippen molar-refractivity contribution in [2.75, 3.05) is 27.2 Å². The van der Waals surface area contributed by atoms with Gasteiger partial charge in [0.1, 0.15) is 17.1 Å². The van der Waals surface area contributed by atoms with E-state index < -0.39 is 0 Å². The molecule has 7 nitrogen and oxygen atoms in total. The van der Waals surface area contributed by atoms with Gasteiger partial charge in [-0.1, -0.05) is 25.3 Å². The van der Waals surface area contributed by atoms with Crippen molar-refractivity contribution in [3.8, 4) is 17.1 Å². The molecule has 1 aliphatic carbocycles. The van der Waals surface area contributed by atoms with Crippen molar-refractivity contribution in [1.29, 1.82) is 0 Å². The number of aryl methyl sites for hydroxylation is 1. The molecule has 32 heavy (non-hydrogen) atoms. The quantitative estimate of drug-likeness (QED) is 0.657. The average Bonchev–Trinajstić information content (AvgIpc) is 3.16. The second kappa shape index (κ2) is 8.70. The first-order chi connectivity index (χ1) is 15.5. The highest BCUT2D eigenvalue weighted by Crippen LogP contribution is 2.35. The Morgan fingerprint density at radius 2 is 1.84 bits per heavy atom. The van der Waals surface area contributed by atoms with E-state index in [-0.39, 0.29) is 11.6 Å². The Kier molecular flexibility index (Phi) is 5.76. The molecule has 0 radical (unpaired) electrons. The maximum Gasteiger partial charge on any atom is 0.277 e. The summed E-state index contributed by atoms with van der Waals surface area (Å²) >= 11 is 0. The molecule has 0 spiro atoms. The fourth-order valence-electron chi connectivity index (χ4n) is 5.41. The number of aromatic nitrogens is 4. The highest BCUT2D eigenvalue weighted by atomic mass is 16.5.